The molecule has 1 aromatic carbocycles. The molecule has 2 aromatic rings. The predicted molar refractivity (Wildman–Crippen MR) is 68.0 cm³/mol. The zero-order chi connectivity index (χ0) is 13.4. The van der Waals surface area contributed by atoms with Gasteiger partial charge in [0.1, 0.15) is 17.1 Å². The normalized spacial score (nSPS) is 10.7. The van der Waals surface area contributed by atoms with E-state index in [0.29, 0.717) is 28.0 Å². The van der Waals surface area contributed by atoms with Crippen LogP contribution in [0.2, 0.25) is 0 Å². The molecule has 1 heterocycles. The topological polar surface area (TPSA) is 56.5 Å². The fourth-order valence-electron chi connectivity index (χ4n) is 1.80. The summed E-state index contributed by atoms with van der Waals surface area (Å²) in [5, 5.41) is 0.506. The first-order valence-corrected chi connectivity index (χ1v) is 5.63. The van der Waals surface area contributed by atoms with Crippen LogP contribution >= 0.6 is 0 Å². The van der Waals surface area contributed by atoms with Gasteiger partial charge in [0, 0.05) is 18.6 Å². The maximum atomic E-state index is 12.1. The van der Waals surface area contributed by atoms with Gasteiger partial charge in [-0.3, -0.25) is 9.59 Å². The number of benzene rings is 1. The number of hydrogen-bond acceptors (Lipinski definition) is 4. The number of carbonyl (C=O) groups excluding carboxylic acids is 1. The molecule has 0 atom stereocenters. The van der Waals surface area contributed by atoms with E-state index in [2.05, 4.69) is 0 Å². The van der Waals surface area contributed by atoms with E-state index < -0.39 is 5.97 Å². The van der Waals surface area contributed by atoms with E-state index in [1.165, 1.54) is 6.92 Å². The number of aryl methyl sites for hydroxylation is 2. The Kier molecular flexibility index (Phi) is 2.95. The zero-order valence-corrected chi connectivity index (χ0v) is 10.8. The van der Waals surface area contributed by atoms with Gasteiger partial charge in [0.15, 0.2) is 5.43 Å². The molecule has 4 heteroatoms. The molecule has 0 saturated heterocycles. The van der Waals surface area contributed by atoms with E-state index >= 15 is 0 Å². The Bertz CT molecular complexity index is 695. The lowest BCUT2D eigenvalue weighted by atomic mass is 10.1. The Hall–Kier alpha value is -2.10. The van der Waals surface area contributed by atoms with Crippen molar-refractivity contribution in [2.24, 2.45) is 0 Å². The van der Waals surface area contributed by atoms with Gasteiger partial charge < -0.3 is 9.15 Å². The lowest BCUT2D eigenvalue weighted by molar-refractivity contribution is -0.131. The van der Waals surface area contributed by atoms with Crippen molar-refractivity contribution in [3.05, 3.63) is 39.2 Å². The van der Waals surface area contributed by atoms with Crippen LogP contribution in [-0.4, -0.2) is 5.97 Å². The summed E-state index contributed by atoms with van der Waals surface area (Å²) < 4.78 is 10.6. The summed E-state index contributed by atoms with van der Waals surface area (Å²) in [6.07, 6.45) is 0. The Labute approximate surface area is 104 Å². The molecule has 0 N–H and O–H groups in total. The van der Waals surface area contributed by atoms with Crippen molar-refractivity contribution in [2.45, 2.75) is 27.7 Å². The van der Waals surface area contributed by atoms with Crippen LogP contribution in [0.25, 0.3) is 11.0 Å². The average Bonchev–Trinajstić information content (AvgIpc) is 2.28. The zero-order valence-electron chi connectivity index (χ0n) is 10.8. The van der Waals surface area contributed by atoms with E-state index in [-0.39, 0.29) is 5.43 Å². The third-order valence-corrected chi connectivity index (χ3v) is 2.91. The van der Waals surface area contributed by atoms with Gasteiger partial charge in [-0.15, -0.1) is 0 Å². The number of esters is 1. The fourth-order valence-corrected chi connectivity index (χ4v) is 1.80. The SMILES string of the molecule is CC(=O)Oc1cc2oc(C)c(C)c(=O)c2cc1C. The molecule has 0 saturated carbocycles. The number of ether oxygens (including phenoxy) is 1. The summed E-state index contributed by atoms with van der Waals surface area (Å²) in [5.74, 6) is 0.593. The van der Waals surface area contributed by atoms with Crippen LogP contribution in [0.3, 0.4) is 0 Å². The summed E-state index contributed by atoms with van der Waals surface area (Å²) in [6.45, 7) is 6.59. The molecular weight excluding hydrogens is 232 g/mol. The van der Waals surface area contributed by atoms with Crippen molar-refractivity contribution >= 4 is 16.9 Å². The van der Waals surface area contributed by atoms with Crippen molar-refractivity contribution in [2.75, 3.05) is 0 Å². The Morgan fingerprint density at radius 2 is 1.89 bits per heavy atom. The van der Waals surface area contributed by atoms with Gasteiger partial charge in [0.05, 0.1) is 5.39 Å². The molecule has 0 fully saturated rings. The third-order valence-electron chi connectivity index (χ3n) is 2.91. The molecule has 0 unspecified atom stereocenters. The van der Waals surface area contributed by atoms with E-state index in [1.807, 2.05) is 0 Å². The summed E-state index contributed by atoms with van der Waals surface area (Å²) in [4.78, 5) is 23.0. The van der Waals surface area contributed by atoms with E-state index in [4.69, 9.17) is 9.15 Å². The summed E-state index contributed by atoms with van der Waals surface area (Å²) >= 11 is 0. The largest absolute Gasteiger partial charge is 0.461 e. The lowest BCUT2D eigenvalue weighted by Crippen LogP contribution is -2.09. The first-order valence-electron chi connectivity index (χ1n) is 5.63. The van der Waals surface area contributed by atoms with E-state index in [0.717, 1.165) is 5.56 Å². The molecule has 1 aromatic heterocycles. The van der Waals surface area contributed by atoms with Gasteiger partial charge in [-0.1, -0.05) is 0 Å². The van der Waals surface area contributed by atoms with Gasteiger partial charge in [0.25, 0.3) is 0 Å². The van der Waals surface area contributed by atoms with Crippen LogP contribution in [0.15, 0.2) is 21.3 Å². The first-order chi connectivity index (χ1) is 8.40. The van der Waals surface area contributed by atoms with Crippen molar-refractivity contribution in [3.63, 3.8) is 0 Å². The van der Waals surface area contributed by atoms with Gasteiger partial charge in [-0.2, -0.15) is 0 Å². The smallest absolute Gasteiger partial charge is 0.308 e. The molecule has 0 spiro atoms. The predicted octanol–water partition coefficient (Wildman–Crippen LogP) is 2.64. The highest BCUT2D eigenvalue weighted by molar-refractivity contribution is 5.81. The van der Waals surface area contributed by atoms with Crippen molar-refractivity contribution in [1.29, 1.82) is 0 Å². The Morgan fingerprint density at radius 3 is 2.50 bits per heavy atom. The fraction of sp³-hybridized carbons (Fsp3) is 0.286. The van der Waals surface area contributed by atoms with Gasteiger partial charge in [0.2, 0.25) is 0 Å². The molecule has 2 rings (SSSR count). The highest BCUT2D eigenvalue weighted by Gasteiger charge is 2.12. The molecular formula is C14H14O4. The summed E-state index contributed by atoms with van der Waals surface area (Å²) in [5.41, 5.74) is 1.71. The van der Waals surface area contributed by atoms with E-state index in [9.17, 15) is 9.59 Å². The Morgan fingerprint density at radius 1 is 1.22 bits per heavy atom. The molecule has 18 heavy (non-hydrogen) atoms. The molecule has 0 radical (unpaired) electrons. The van der Waals surface area contributed by atoms with Crippen LogP contribution in [0.4, 0.5) is 0 Å². The van der Waals surface area contributed by atoms with Crippen LogP contribution in [0.1, 0.15) is 23.8 Å². The number of rotatable bonds is 1. The summed E-state index contributed by atoms with van der Waals surface area (Å²) in [6, 6.07) is 3.27. The number of hydrogen-bond donors (Lipinski definition) is 0. The van der Waals surface area contributed by atoms with Gasteiger partial charge in [-0.25, -0.2) is 0 Å². The van der Waals surface area contributed by atoms with Crippen molar-refractivity contribution < 1.29 is 13.9 Å². The number of fused-ring (bicyclic) bond motifs is 1. The first kappa shape index (κ1) is 12.4. The highest BCUT2D eigenvalue weighted by atomic mass is 16.5. The second kappa shape index (κ2) is 4.29. The van der Waals surface area contributed by atoms with Crippen LogP contribution in [0.5, 0.6) is 5.75 Å². The standard InChI is InChI=1S/C14H14O4/c1-7-5-11-13(6-12(7)18-10(4)15)17-9(3)8(2)14(11)16/h5-6H,1-4H3. The van der Waals surface area contributed by atoms with Crippen LogP contribution < -0.4 is 10.2 Å². The van der Waals surface area contributed by atoms with Crippen LogP contribution in [0, 0.1) is 20.8 Å². The molecule has 0 aliphatic rings. The molecule has 4 nitrogen and oxygen atoms in total. The minimum Gasteiger partial charge on any atom is -0.461 e. The third kappa shape index (κ3) is 2.01. The maximum absolute atomic E-state index is 12.1. The molecule has 94 valence electrons. The van der Waals surface area contributed by atoms with Crippen LogP contribution in [-0.2, 0) is 4.79 Å². The molecule has 0 amide bonds. The molecule has 0 bridgehead atoms. The molecule has 0 aliphatic heterocycles. The Balaban J connectivity index is 2.76. The summed E-state index contributed by atoms with van der Waals surface area (Å²) in [7, 11) is 0. The lowest BCUT2D eigenvalue weighted by Gasteiger charge is -2.08. The molecule has 0 aliphatic carbocycles. The quantitative estimate of drug-likeness (QED) is 0.573. The second-order valence-corrected chi connectivity index (χ2v) is 4.32. The highest BCUT2D eigenvalue weighted by Crippen LogP contribution is 2.25. The second-order valence-electron chi connectivity index (χ2n) is 4.32. The average molecular weight is 246 g/mol. The maximum Gasteiger partial charge on any atom is 0.308 e. The van der Waals surface area contributed by atoms with E-state index in [1.54, 1.807) is 32.9 Å². The minimum atomic E-state index is -0.399. The van der Waals surface area contributed by atoms with Gasteiger partial charge >= 0.3 is 5.97 Å². The minimum absolute atomic E-state index is 0.0498. The van der Waals surface area contributed by atoms with Crippen molar-refractivity contribution in [1.82, 2.24) is 0 Å². The number of carbonyl (C=O) groups is 1. The van der Waals surface area contributed by atoms with Gasteiger partial charge in [-0.05, 0) is 32.4 Å². The monoisotopic (exact) mass is 246 g/mol. The van der Waals surface area contributed by atoms with Crippen molar-refractivity contribution in [3.8, 4) is 5.75 Å².